The van der Waals surface area contributed by atoms with Crippen molar-refractivity contribution in [3.8, 4) is 0 Å². The van der Waals surface area contributed by atoms with Crippen molar-refractivity contribution in [2.75, 3.05) is 26.7 Å². The van der Waals surface area contributed by atoms with E-state index in [-0.39, 0.29) is 5.41 Å². The lowest BCUT2D eigenvalue weighted by Crippen LogP contribution is -2.45. The maximum atomic E-state index is 12.4. The van der Waals surface area contributed by atoms with Crippen LogP contribution in [0.2, 0.25) is 0 Å². The second kappa shape index (κ2) is 5.78. The van der Waals surface area contributed by atoms with Crippen LogP contribution in [-0.4, -0.2) is 43.8 Å². The predicted molar refractivity (Wildman–Crippen MR) is 67.5 cm³/mol. The smallest absolute Gasteiger partial charge is 0.316 e. The van der Waals surface area contributed by atoms with Crippen molar-refractivity contribution in [3.63, 3.8) is 0 Å². The number of hydrogen-bond acceptors (Lipinski definition) is 2. The largest absolute Gasteiger partial charge is 0.401 e. The summed E-state index contributed by atoms with van der Waals surface area (Å²) in [5.41, 5.74) is 0.178. The van der Waals surface area contributed by atoms with Crippen molar-refractivity contribution in [3.05, 3.63) is 0 Å². The van der Waals surface area contributed by atoms with Gasteiger partial charge in [0.05, 0.1) is 6.54 Å². The molecule has 2 nitrogen and oxygen atoms in total. The van der Waals surface area contributed by atoms with Crippen molar-refractivity contribution in [2.45, 2.75) is 45.8 Å². The standard InChI is InChI=1S/C13H25F3N2/c1-5-18(9-13(14,15)16)8-10-6-7-12(2,3)11(10)17-4/h10-11,17H,5-9H2,1-4H3. The normalized spacial score (nSPS) is 28.0. The third-order valence-corrected chi connectivity index (χ3v) is 4.13. The molecule has 18 heavy (non-hydrogen) atoms. The van der Waals surface area contributed by atoms with E-state index >= 15 is 0 Å². The molecule has 5 heteroatoms. The van der Waals surface area contributed by atoms with Gasteiger partial charge in [-0.1, -0.05) is 20.8 Å². The van der Waals surface area contributed by atoms with Gasteiger partial charge in [0.25, 0.3) is 0 Å². The van der Waals surface area contributed by atoms with Crippen molar-refractivity contribution >= 4 is 0 Å². The summed E-state index contributed by atoms with van der Waals surface area (Å²) in [5, 5.41) is 3.29. The molecule has 2 atom stereocenters. The Hall–Kier alpha value is -0.290. The van der Waals surface area contributed by atoms with Crippen LogP contribution in [0.1, 0.15) is 33.6 Å². The minimum absolute atomic E-state index is 0.178. The van der Waals surface area contributed by atoms with Crippen LogP contribution in [0.3, 0.4) is 0 Å². The summed E-state index contributed by atoms with van der Waals surface area (Å²) in [4.78, 5) is 1.51. The van der Waals surface area contributed by atoms with Crippen molar-refractivity contribution in [2.24, 2.45) is 11.3 Å². The maximum Gasteiger partial charge on any atom is 0.401 e. The Morgan fingerprint density at radius 1 is 1.33 bits per heavy atom. The third-order valence-electron chi connectivity index (χ3n) is 4.13. The highest BCUT2D eigenvalue weighted by atomic mass is 19.4. The average Bonchev–Trinajstić information content (AvgIpc) is 2.50. The molecule has 2 unspecified atom stereocenters. The molecule has 0 aromatic carbocycles. The van der Waals surface area contributed by atoms with Crippen LogP contribution in [0.4, 0.5) is 13.2 Å². The van der Waals surface area contributed by atoms with Gasteiger partial charge < -0.3 is 5.32 Å². The Bertz CT molecular complexity index is 263. The molecule has 0 saturated heterocycles. The third kappa shape index (κ3) is 4.12. The summed E-state index contributed by atoms with van der Waals surface area (Å²) in [7, 11) is 1.91. The second-order valence-corrected chi connectivity index (χ2v) is 6.00. The minimum atomic E-state index is -4.10. The van der Waals surface area contributed by atoms with Gasteiger partial charge in [0.1, 0.15) is 0 Å². The first kappa shape index (κ1) is 15.8. The SMILES string of the molecule is CCN(CC1CCC(C)(C)C1NC)CC(F)(F)F. The van der Waals surface area contributed by atoms with Crippen LogP contribution >= 0.6 is 0 Å². The lowest BCUT2D eigenvalue weighted by atomic mass is 9.85. The molecule has 0 radical (unpaired) electrons. The van der Waals surface area contributed by atoms with E-state index in [0.717, 1.165) is 12.8 Å². The number of rotatable bonds is 5. The van der Waals surface area contributed by atoms with E-state index in [2.05, 4.69) is 19.2 Å². The Morgan fingerprint density at radius 2 is 1.94 bits per heavy atom. The first-order valence-electron chi connectivity index (χ1n) is 6.66. The van der Waals surface area contributed by atoms with Crippen LogP contribution in [-0.2, 0) is 0 Å². The Labute approximate surface area is 108 Å². The fraction of sp³-hybridized carbons (Fsp3) is 1.00. The first-order valence-corrected chi connectivity index (χ1v) is 6.66. The molecule has 1 rings (SSSR count). The molecule has 0 aromatic heterocycles. The zero-order chi connectivity index (χ0) is 14.0. The van der Waals surface area contributed by atoms with Crippen LogP contribution < -0.4 is 5.32 Å². The molecular weight excluding hydrogens is 241 g/mol. The highest BCUT2D eigenvalue weighted by Crippen LogP contribution is 2.41. The quantitative estimate of drug-likeness (QED) is 0.823. The Balaban J connectivity index is 2.60. The fourth-order valence-electron chi connectivity index (χ4n) is 3.23. The molecule has 0 bridgehead atoms. The topological polar surface area (TPSA) is 15.3 Å². The predicted octanol–water partition coefficient (Wildman–Crippen LogP) is 2.89. The zero-order valence-electron chi connectivity index (χ0n) is 11.8. The minimum Gasteiger partial charge on any atom is -0.316 e. The van der Waals surface area contributed by atoms with E-state index < -0.39 is 12.7 Å². The van der Waals surface area contributed by atoms with E-state index in [9.17, 15) is 13.2 Å². The Morgan fingerprint density at radius 3 is 2.39 bits per heavy atom. The van der Waals surface area contributed by atoms with Crippen LogP contribution in [0.15, 0.2) is 0 Å². The van der Waals surface area contributed by atoms with Crippen molar-refractivity contribution in [1.82, 2.24) is 10.2 Å². The van der Waals surface area contributed by atoms with Gasteiger partial charge in [0, 0.05) is 12.6 Å². The van der Waals surface area contributed by atoms with Crippen LogP contribution in [0.25, 0.3) is 0 Å². The summed E-state index contributed by atoms with van der Waals surface area (Å²) in [6.07, 6.45) is -2.01. The molecule has 0 aromatic rings. The van der Waals surface area contributed by atoms with E-state index in [1.165, 1.54) is 4.90 Å². The first-order chi connectivity index (χ1) is 8.19. The average molecular weight is 266 g/mol. The number of alkyl halides is 3. The van der Waals surface area contributed by atoms with E-state index in [1.54, 1.807) is 6.92 Å². The number of halogens is 3. The van der Waals surface area contributed by atoms with E-state index in [1.807, 2.05) is 7.05 Å². The van der Waals surface area contributed by atoms with Crippen LogP contribution in [0, 0.1) is 11.3 Å². The van der Waals surface area contributed by atoms with Gasteiger partial charge in [0.2, 0.25) is 0 Å². The van der Waals surface area contributed by atoms with Gasteiger partial charge in [-0.3, -0.25) is 4.90 Å². The highest BCUT2D eigenvalue weighted by Gasteiger charge is 2.42. The summed E-state index contributed by atoms with van der Waals surface area (Å²) in [6, 6.07) is 0.305. The van der Waals surface area contributed by atoms with E-state index in [4.69, 9.17) is 0 Å². The maximum absolute atomic E-state index is 12.4. The van der Waals surface area contributed by atoms with Gasteiger partial charge >= 0.3 is 6.18 Å². The van der Waals surface area contributed by atoms with Gasteiger partial charge in [-0.25, -0.2) is 0 Å². The molecule has 1 N–H and O–H groups in total. The molecule has 108 valence electrons. The van der Waals surface area contributed by atoms with E-state index in [0.29, 0.717) is 25.0 Å². The lowest BCUT2D eigenvalue weighted by molar-refractivity contribution is -0.146. The summed E-state index contributed by atoms with van der Waals surface area (Å²) in [6.45, 7) is 6.36. The van der Waals surface area contributed by atoms with Gasteiger partial charge in [-0.05, 0) is 37.8 Å². The Kier molecular flexibility index (Phi) is 5.06. The number of hydrogen-bond donors (Lipinski definition) is 1. The number of nitrogens with zero attached hydrogens (tertiary/aromatic N) is 1. The molecular formula is C13H25F3N2. The van der Waals surface area contributed by atoms with Crippen molar-refractivity contribution in [1.29, 1.82) is 0 Å². The summed E-state index contributed by atoms with van der Waals surface area (Å²) < 4.78 is 37.3. The van der Waals surface area contributed by atoms with Gasteiger partial charge in [-0.15, -0.1) is 0 Å². The molecule has 0 heterocycles. The molecule has 0 amide bonds. The van der Waals surface area contributed by atoms with Crippen molar-refractivity contribution < 1.29 is 13.2 Å². The monoisotopic (exact) mass is 266 g/mol. The molecule has 1 fully saturated rings. The lowest BCUT2D eigenvalue weighted by Gasteiger charge is -2.33. The van der Waals surface area contributed by atoms with Crippen LogP contribution in [0.5, 0.6) is 0 Å². The summed E-state index contributed by atoms with van der Waals surface area (Å²) in [5.74, 6) is 0.312. The molecule has 1 saturated carbocycles. The van der Waals surface area contributed by atoms with Gasteiger partial charge in [-0.2, -0.15) is 13.2 Å². The summed E-state index contributed by atoms with van der Waals surface area (Å²) >= 11 is 0. The zero-order valence-corrected chi connectivity index (χ0v) is 11.8. The molecule has 0 aliphatic heterocycles. The molecule has 1 aliphatic rings. The highest BCUT2D eigenvalue weighted by molar-refractivity contribution is 4.96. The number of nitrogens with one attached hydrogen (secondary N) is 1. The molecule has 0 spiro atoms. The second-order valence-electron chi connectivity index (χ2n) is 6.00. The fourth-order valence-corrected chi connectivity index (χ4v) is 3.23. The van der Waals surface area contributed by atoms with Gasteiger partial charge in [0.15, 0.2) is 0 Å². The molecule has 1 aliphatic carbocycles.